The predicted molar refractivity (Wildman–Crippen MR) is 79.7 cm³/mol. The molecule has 3 rings (SSSR count). The molecule has 21 heavy (non-hydrogen) atoms. The molecule has 0 aliphatic heterocycles. The first-order chi connectivity index (χ1) is 10.2. The van der Waals surface area contributed by atoms with Gasteiger partial charge in [0.15, 0.2) is 0 Å². The van der Waals surface area contributed by atoms with E-state index in [-0.39, 0.29) is 5.02 Å². The fourth-order valence-electron chi connectivity index (χ4n) is 1.97. The minimum Gasteiger partial charge on any atom is -0.387 e. The van der Waals surface area contributed by atoms with Crippen LogP contribution in [-0.4, -0.2) is 17.2 Å². The van der Waals surface area contributed by atoms with E-state index in [2.05, 4.69) is 15.5 Å². The molecule has 0 saturated heterocycles. The third-order valence-electron chi connectivity index (χ3n) is 3.03. The van der Waals surface area contributed by atoms with Crippen molar-refractivity contribution >= 4 is 17.3 Å². The average Bonchev–Trinajstić information content (AvgIpc) is 2.99. The number of anilines is 1. The highest BCUT2D eigenvalue weighted by Crippen LogP contribution is 2.29. The van der Waals surface area contributed by atoms with Gasteiger partial charge in [0.25, 0.3) is 5.89 Å². The molecular formula is C15H11ClFN3O. The van der Waals surface area contributed by atoms with E-state index in [1.54, 1.807) is 6.07 Å². The summed E-state index contributed by atoms with van der Waals surface area (Å²) < 4.78 is 18.5. The van der Waals surface area contributed by atoms with Crippen LogP contribution >= 0.6 is 11.6 Å². The van der Waals surface area contributed by atoms with E-state index in [9.17, 15) is 4.39 Å². The molecular weight excluding hydrogens is 293 g/mol. The number of aromatic nitrogens is 2. The molecule has 3 aromatic rings. The summed E-state index contributed by atoms with van der Waals surface area (Å²) in [5, 5.41) is 7.00. The first-order valence-corrected chi connectivity index (χ1v) is 6.63. The second kappa shape index (κ2) is 5.54. The largest absolute Gasteiger partial charge is 0.387 e. The lowest BCUT2D eigenvalue weighted by Gasteiger charge is -2.03. The van der Waals surface area contributed by atoms with Crippen LogP contribution in [0, 0.1) is 5.82 Å². The number of nitrogens with zero attached hydrogens (tertiary/aromatic N) is 2. The molecule has 1 heterocycles. The molecule has 1 N–H and O–H groups in total. The van der Waals surface area contributed by atoms with Gasteiger partial charge in [0.1, 0.15) is 5.82 Å². The van der Waals surface area contributed by atoms with Crippen LogP contribution in [0.1, 0.15) is 0 Å². The summed E-state index contributed by atoms with van der Waals surface area (Å²) >= 11 is 5.76. The number of benzene rings is 2. The van der Waals surface area contributed by atoms with Crippen molar-refractivity contribution in [3.8, 4) is 22.8 Å². The van der Waals surface area contributed by atoms with Crippen LogP contribution in [0.25, 0.3) is 22.8 Å². The molecule has 0 unspecified atom stereocenters. The summed E-state index contributed by atoms with van der Waals surface area (Å²) in [6, 6.07) is 11.9. The van der Waals surface area contributed by atoms with Crippen molar-refractivity contribution in [2.75, 3.05) is 12.4 Å². The summed E-state index contributed by atoms with van der Waals surface area (Å²) in [4.78, 5) is 4.33. The zero-order valence-electron chi connectivity index (χ0n) is 11.1. The summed E-state index contributed by atoms with van der Waals surface area (Å²) in [5.74, 6) is 0.262. The lowest BCUT2D eigenvalue weighted by atomic mass is 10.1. The van der Waals surface area contributed by atoms with Gasteiger partial charge in [0, 0.05) is 18.3 Å². The molecule has 0 amide bonds. The van der Waals surface area contributed by atoms with Gasteiger partial charge < -0.3 is 9.84 Å². The van der Waals surface area contributed by atoms with Gasteiger partial charge in [-0.25, -0.2) is 4.39 Å². The molecule has 0 aliphatic rings. The molecule has 1 aromatic heterocycles. The number of hydrogen-bond donors (Lipinski definition) is 1. The molecule has 106 valence electrons. The molecule has 0 bridgehead atoms. The van der Waals surface area contributed by atoms with E-state index in [4.69, 9.17) is 16.1 Å². The lowest BCUT2D eigenvalue weighted by molar-refractivity contribution is 0.432. The maximum absolute atomic E-state index is 13.2. The number of para-hydroxylation sites is 1. The first kappa shape index (κ1) is 13.6. The summed E-state index contributed by atoms with van der Waals surface area (Å²) in [5.41, 5.74) is 2.27. The van der Waals surface area contributed by atoms with E-state index in [1.165, 1.54) is 12.1 Å². The smallest absolute Gasteiger partial charge is 0.260 e. The van der Waals surface area contributed by atoms with Gasteiger partial charge in [-0.3, -0.25) is 0 Å². The quantitative estimate of drug-likeness (QED) is 0.786. The lowest BCUT2D eigenvalue weighted by Crippen LogP contribution is -1.91. The van der Waals surface area contributed by atoms with E-state index in [1.807, 2.05) is 31.3 Å². The highest BCUT2D eigenvalue weighted by atomic mass is 35.5. The molecule has 0 saturated carbocycles. The Morgan fingerprint density at radius 1 is 1.19 bits per heavy atom. The molecule has 0 aliphatic carbocycles. The molecule has 0 radical (unpaired) electrons. The van der Waals surface area contributed by atoms with Crippen molar-refractivity contribution < 1.29 is 8.91 Å². The Kier molecular flexibility index (Phi) is 3.58. The maximum atomic E-state index is 13.2. The van der Waals surface area contributed by atoms with E-state index in [0.717, 1.165) is 11.3 Å². The van der Waals surface area contributed by atoms with Gasteiger partial charge in [0.05, 0.1) is 10.6 Å². The third-order valence-corrected chi connectivity index (χ3v) is 3.32. The molecule has 2 aromatic carbocycles. The van der Waals surface area contributed by atoms with E-state index in [0.29, 0.717) is 17.3 Å². The van der Waals surface area contributed by atoms with Crippen molar-refractivity contribution in [3.63, 3.8) is 0 Å². The van der Waals surface area contributed by atoms with Crippen molar-refractivity contribution in [2.45, 2.75) is 0 Å². The second-order valence-corrected chi connectivity index (χ2v) is 4.75. The molecule has 6 heteroatoms. The third kappa shape index (κ3) is 2.60. The zero-order valence-corrected chi connectivity index (χ0v) is 11.9. The van der Waals surface area contributed by atoms with Crippen molar-refractivity contribution in [2.24, 2.45) is 0 Å². The molecule has 0 atom stereocenters. The summed E-state index contributed by atoms with van der Waals surface area (Å²) in [6.07, 6.45) is 0. The Balaban J connectivity index is 2.01. The van der Waals surface area contributed by atoms with Gasteiger partial charge >= 0.3 is 0 Å². The highest BCUT2D eigenvalue weighted by Gasteiger charge is 2.14. The Hall–Kier alpha value is -2.40. The van der Waals surface area contributed by atoms with Gasteiger partial charge in [-0.1, -0.05) is 28.9 Å². The van der Waals surface area contributed by atoms with Gasteiger partial charge in [-0.15, -0.1) is 0 Å². The normalized spacial score (nSPS) is 10.6. The topological polar surface area (TPSA) is 51.0 Å². The monoisotopic (exact) mass is 303 g/mol. The maximum Gasteiger partial charge on any atom is 0.260 e. The number of rotatable bonds is 3. The van der Waals surface area contributed by atoms with Crippen LogP contribution < -0.4 is 5.32 Å². The number of halogens is 2. The number of hydrogen-bond acceptors (Lipinski definition) is 4. The number of nitrogens with one attached hydrogen (secondary N) is 1. The van der Waals surface area contributed by atoms with Crippen LogP contribution in [0.3, 0.4) is 0 Å². The second-order valence-electron chi connectivity index (χ2n) is 4.35. The fraction of sp³-hybridized carbons (Fsp3) is 0.0667. The van der Waals surface area contributed by atoms with Gasteiger partial charge in [0.2, 0.25) is 5.82 Å². The minimum absolute atomic E-state index is 0.0227. The van der Waals surface area contributed by atoms with Crippen LogP contribution in [-0.2, 0) is 0 Å². The van der Waals surface area contributed by atoms with Crippen molar-refractivity contribution in [1.29, 1.82) is 0 Å². The summed E-state index contributed by atoms with van der Waals surface area (Å²) in [6.45, 7) is 0. The molecule has 4 nitrogen and oxygen atoms in total. The first-order valence-electron chi connectivity index (χ1n) is 6.25. The highest BCUT2D eigenvalue weighted by molar-refractivity contribution is 6.31. The SMILES string of the molecule is CNc1ccccc1-c1nc(-c2ccc(F)c(Cl)c2)no1. The van der Waals surface area contributed by atoms with E-state index < -0.39 is 5.82 Å². The Labute approximate surface area is 125 Å². The molecule has 0 fully saturated rings. The Morgan fingerprint density at radius 2 is 2.00 bits per heavy atom. The predicted octanol–water partition coefficient (Wildman–Crippen LogP) is 4.24. The summed E-state index contributed by atoms with van der Waals surface area (Å²) in [7, 11) is 1.82. The Morgan fingerprint density at radius 3 is 2.76 bits per heavy atom. The van der Waals surface area contributed by atoms with Gasteiger partial charge in [-0.2, -0.15) is 4.98 Å². The van der Waals surface area contributed by atoms with Crippen molar-refractivity contribution in [3.05, 3.63) is 53.3 Å². The Bertz CT molecular complexity index is 788. The van der Waals surface area contributed by atoms with E-state index >= 15 is 0 Å². The fourth-order valence-corrected chi connectivity index (χ4v) is 2.15. The van der Waals surface area contributed by atoms with Gasteiger partial charge in [-0.05, 0) is 30.3 Å². The van der Waals surface area contributed by atoms with Crippen LogP contribution in [0.5, 0.6) is 0 Å². The van der Waals surface area contributed by atoms with Crippen LogP contribution in [0.15, 0.2) is 47.0 Å². The standard InChI is InChI=1S/C15H11ClFN3O/c1-18-13-5-3-2-4-10(13)15-19-14(20-21-15)9-6-7-12(17)11(16)8-9/h2-8,18H,1H3. The van der Waals surface area contributed by atoms with Crippen LogP contribution in [0.4, 0.5) is 10.1 Å². The molecule has 0 spiro atoms. The minimum atomic E-state index is -0.482. The van der Waals surface area contributed by atoms with Crippen molar-refractivity contribution in [1.82, 2.24) is 10.1 Å². The average molecular weight is 304 g/mol. The zero-order chi connectivity index (χ0) is 14.8. The van der Waals surface area contributed by atoms with Crippen LogP contribution in [0.2, 0.25) is 5.02 Å².